The van der Waals surface area contributed by atoms with Gasteiger partial charge >= 0.3 is 0 Å². The van der Waals surface area contributed by atoms with Crippen molar-refractivity contribution in [1.82, 2.24) is 5.32 Å². The highest BCUT2D eigenvalue weighted by atomic mass is 16.5. The molecule has 2 unspecified atom stereocenters. The summed E-state index contributed by atoms with van der Waals surface area (Å²) in [4.78, 5) is 0. The Hall–Kier alpha value is -0.0800. The van der Waals surface area contributed by atoms with Crippen LogP contribution in [0.5, 0.6) is 0 Å². The average molecular weight is 239 g/mol. The van der Waals surface area contributed by atoms with Crippen molar-refractivity contribution in [2.45, 2.75) is 65.1 Å². The molecule has 1 N–H and O–H groups in total. The molecule has 2 nitrogen and oxygen atoms in total. The first-order valence-corrected chi connectivity index (χ1v) is 7.40. The fourth-order valence-corrected chi connectivity index (χ4v) is 3.15. The van der Waals surface area contributed by atoms with E-state index < -0.39 is 0 Å². The Bertz CT molecular complexity index is 245. The van der Waals surface area contributed by atoms with Crippen LogP contribution in [0, 0.1) is 17.8 Å². The van der Waals surface area contributed by atoms with Gasteiger partial charge in [0.1, 0.15) is 0 Å². The van der Waals surface area contributed by atoms with Crippen molar-refractivity contribution in [3.8, 4) is 0 Å². The van der Waals surface area contributed by atoms with Gasteiger partial charge in [-0.25, -0.2) is 0 Å². The summed E-state index contributed by atoms with van der Waals surface area (Å²) in [7, 11) is 0. The fraction of sp³-hybridized carbons (Fsp3) is 1.00. The van der Waals surface area contributed by atoms with Gasteiger partial charge in [0, 0.05) is 13.1 Å². The molecular formula is C15H29NO. The maximum Gasteiger partial charge on any atom is 0.0805 e. The second kappa shape index (κ2) is 5.27. The van der Waals surface area contributed by atoms with Gasteiger partial charge in [-0.1, -0.05) is 33.6 Å². The van der Waals surface area contributed by atoms with Crippen molar-refractivity contribution in [3.63, 3.8) is 0 Å². The molecule has 0 aromatic carbocycles. The monoisotopic (exact) mass is 239 g/mol. The number of morpholine rings is 1. The zero-order valence-electron chi connectivity index (χ0n) is 12.0. The topological polar surface area (TPSA) is 21.3 Å². The van der Waals surface area contributed by atoms with Crippen LogP contribution < -0.4 is 5.32 Å². The van der Waals surface area contributed by atoms with Crippen LogP contribution in [-0.2, 0) is 4.74 Å². The summed E-state index contributed by atoms with van der Waals surface area (Å²) in [5.74, 6) is 2.30. The molecule has 1 saturated heterocycles. The molecule has 2 fully saturated rings. The van der Waals surface area contributed by atoms with Crippen LogP contribution in [-0.4, -0.2) is 24.8 Å². The zero-order valence-corrected chi connectivity index (χ0v) is 12.0. The Morgan fingerprint density at radius 2 is 1.82 bits per heavy atom. The van der Waals surface area contributed by atoms with Crippen LogP contribution in [0.25, 0.3) is 0 Å². The standard InChI is InChI=1S/C15H29NO/c1-11(2)15(4)10-16-9-14(17-15)13-7-5-12(3)6-8-13/h11-14,16H,5-10H2,1-4H3. The Balaban J connectivity index is 1.93. The van der Waals surface area contributed by atoms with Crippen molar-refractivity contribution in [2.75, 3.05) is 13.1 Å². The van der Waals surface area contributed by atoms with Gasteiger partial charge in [-0.15, -0.1) is 0 Å². The molecular weight excluding hydrogens is 210 g/mol. The minimum absolute atomic E-state index is 0.0337. The summed E-state index contributed by atoms with van der Waals surface area (Å²) in [6.07, 6.45) is 5.96. The van der Waals surface area contributed by atoms with Crippen molar-refractivity contribution >= 4 is 0 Å². The number of hydrogen-bond acceptors (Lipinski definition) is 2. The lowest BCUT2D eigenvalue weighted by Crippen LogP contribution is -2.57. The minimum atomic E-state index is 0.0337. The van der Waals surface area contributed by atoms with E-state index in [1.165, 1.54) is 25.7 Å². The highest BCUT2D eigenvalue weighted by Crippen LogP contribution is 2.35. The summed E-state index contributed by atoms with van der Waals surface area (Å²) < 4.78 is 6.45. The van der Waals surface area contributed by atoms with E-state index in [0.717, 1.165) is 24.9 Å². The summed E-state index contributed by atoms with van der Waals surface area (Å²) >= 11 is 0. The third-order valence-electron chi connectivity index (χ3n) is 5.05. The van der Waals surface area contributed by atoms with Gasteiger partial charge < -0.3 is 10.1 Å². The SMILES string of the molecule is CC1CCC(C2CNCC(C)(C(C)C)O2)CC1. The third kappa shape index (κ3) is 3.03. The van der Waals surface area contributed by atoms with E-state index in [9.17, 15) is 0 Å². The van der Waals surface area contributed by atoms with Crippen molar-refractivity contribution in [2.24, 2.45) is 17.8 Å². The smallest absolute Gasteiger partial charge is 0.0805 e. The molecule has 17 heavy (non-hydrogen) atoms. The molecule has 2 heteroatoms. The number of hydrogen-bond donors (Lipinski definition) is 1. The lowest BCUT2D eigenvalue weighted by Gasteiger charge is -2.45. The maximum atomic E-state index is 6.45. The molecule has 1 aliphatic carbocycles. The molecule has 2 aliphatic rings. The van der Waals surface area contributed by atoms with Gasteiger partial charge in [0.2, 0.25) is 0 Å². The van der Waals surface area contributed by atoms with Gasteiger partial charge in [0.15, 0.2) is 0 Å². The Morgan fingerprint density at radius 3 is 2.41 bits per heavy atom. The molecule has 1 saturated carbocycles. The van der Waals surface area contributed by atoms with Crippen LogP contribution in [0.3, 0.4) is 0 Å². The summed E-state index contributed by atoms with van der Waals surface area (Å²) in [5, 5.41) is 3.59. The van der Waals surface area contributed by atoms with E-state index in [0.29, 0.717) is 12.0 Å². The molecule has 0 bridgehead atoms. The number of rotatable bonds is 2. The molecule has 1 heterocycles. The van der Waals surface area contributed by atoms with Gasteiger partial charge in [0.05, 0.1) is 11.7 Å². The van der Waals surface area contributed by atoms with Crippen LogP contribution in [0.4, 0.5) is 0 Å². The first-order chi connectivity index (χ1) is 8.01. The molecule has 2 atom stereocenters. The Labute approximate surface area is 107 Å². The molecule has 1 aliphatic heterocycles. The van der Waals surface area contributed by atoms with E-state index in [1.807, 2.05) is 0 Å². The first-order valence-electron chi connectivity index (χ1n) is 7.40. The third-order valence-corrected chi connectivity index (χ3v) is 5.05. The molecule has 100 valence electrons. The predicted octanol–water partition coefficient (Wildman–Crippen LogP) is 3.22. The molecule has 0 amide bonds. The molecule has 0 aromatic rings. The molecule has 2 rings (SSSR count). The van der Waals surface area contributed by atoms with Crippen LogP contribution in [0.1, 0.15) is 53.4 Å². The second-order valence-electron chi connectivity index (χ2n) is 6.77. The predicted molar refractivity (Wildman–Crippen MR) is 72.1 cm³/mol. The quantitative estimate of drug-likeness (QED) is 0.799. The largest absolute Gasteiger partial charge is 0.369 e. The van der Waals surface area contributed by atoms with E-state index >= 15 is 0 Å². The lowest BCUT2D eigenvalue weighted by atomic mass is 9.79. The Kier molecular flexibility index (Phi) is 4.14. The number of nitrogens with one attached hydrogen (secondary N) is 1. The molecule has 0 aromatic heterocycles. The van der Waals surface area contributed by atoms with Gasteiger partial charge in [-0.3, -0.25) is 0 Å². The highest BCUT2D eigenvalue weighted by Gasteiger charge is 2.39. The van der Waals surface area contributed by atoms with E-state index in [1.54, 1.807) is 0 Å². The molecule has 0 spiro atoms. The minimum Gasteiger partial charge on any atom is -0.369 e. The normalized spacial score (nSPS) is 43.9. The lowest BCUT2D eigenvalue weighted by molar-refractivity contribution is -0.152. The van der Waals surface area contributed by atoms with Crippen LogP contribution in [0.15, 0.2) is 0 Å². The first kappa shape index (κ1) is 13.4. The Morgan fingerprint density at radius 1 is 1.18 bits per heavy atom. The highest BCUT2D eigenvalue weighted by molar-refractivity contribution is 4.91. The van der Waals surface area contributed by atoms with Crippen LogP contribution in [0.2, 0.25) is 0 Å². The summed E-state index contributed by atoms with van der Waals surface area (Å²) in [5.41, 5.74) is 0.0337. The van der Waals surface area contributed by atoms with Crippen molar-refractivity contribution < 1.29 is 4.74 Å². The fourth-order valence-electron chi connectivity index (χ4n) is 3.15. The van der Waals surface area contributed by atoms with Crippen LogP contribution >= 0.6 is 0 Å². The van der Waals surface area contributed by atoms with E-state index in [4.69, 9.17) is 4.74 Å². The summed E-state index contributed by atoms with van der Waals surface area (Å²) in [6.45, 7) is 11.3. The zero-order chi connectivity index (χ0) is 12.5. The van der Waals surface area contributed by atoms with Crippen molar-refractivity contribution in [3.05, 3.63) is 0 Å². The van der Waals surface area contributed by atoms with E-state index in [-0.39, 0.29) is 5.60 Å². The van der Waals surface area contributed by atoms with Gasteiger partial charge in [-0.05, 0) is 37.5 Å². The number of ether oxygens (including phenoxy) is 1. The van der Waals surface area contributed by atoms with Crippen molar-refractivity contribution in [1.29, 1.82) is 0 Å². The van der Waals surface area contributed by atoms with E-state index in [2.05, 4.69) is 33.0 Å². The molecule has 0 radical (unpaired) electrons. The van der Waals surface area contributed by atoms with Gasteiger partial charge in [-0.2, -0.15) is 0 Å². The second-order valence-corrected chi connectivity index (χ2v) is 6.77. The average Bonchev–Trinajstić information content (AvgIpc) is 2.30. The van der Waals surface area contributed by atoms with Gasteiger partial charge in [0.25, 0.3) is 0 Å². The maximum absolute atomic E-state index is 6.45. The summed E-state index contributed by atoms with van der Waals surface area (Å²) in [6, 6.07) is 0.